The molecule has 0 aliphatic carbocycles. The summed E-state index contributed by atoms with van der Waals surface area (Å²) in [5, 5.41) is 22.0. The highest BCUT2D eigenvalue weighted by atomic mass is 16.3. The minimum Gasteiger partial charge on any atom is -0.508 e. The Morgan fingerprint density at radius 3 is 2.56 bits per heavy atom. The van der Waals surface area contributed by atoms with Gasteiger partial charge >= 0.3 is 0 Å². The van der Waals surface area contributed by atoms with Gasteiger partial charge in [0.1, 0.15) is 5.75 Å². The van der Waals surface area contributed by atoms with E-state index >= 15 is 0 Å². The molecule has 2 atom stereocenters. The molecular weight excluding hydrogens is 202 g/mol. The van der Waals surface area contributed by atoms with E-state index in [9.17, 15) is 5.11 Å². The highest BCUT2D eigenvalue weighted by Crippen LogP contribution is 2.25. The van der Waals surface area contributed by atoms with Crippen molar-refractivity contribution in [3.63, 3.8) is 0 Å². The predicted octanol–water partition coefficient (Wildman–Crippen LogP) is 2.12. The van der Waals surface area contributed by atoms with Crippen molar-refractivity contribution < 1.29 is 10.2 Å². The maximum Gasteiger partial charge on any atom is 0.120 e. The van der Waals surface area contributed by atoms with Crippen molar-refractivity contribution in [2.75, 3.05) is 6.61 Å². The van der Waals surface area contributed by atoms with E-state index in [1.165, 1.54) is 0 Å². The van der Waals surface area contributed by atoms with Crippen LogP contribution in [0.25, 0.3) is 0 Å². The number of phenols is 1. The molecule has 0 saturated heterocycles. The minimum absolute atomic E-state index is 0.0853. The highest BCUT2D eigenvalue weighted by molar-refractivity contribution is 5.37. The summed E-state index contributed by atoms with van der Waals surface area (Å²) in [6, 6.07) is 6.02. The number of hydrogen-bond donors (Lipinski definition) is 3. The number of aliphatic hydroxyl groups is 1. The number of aliphatic hydroxyl groups excluding tert-OH is 1. The van der Waals surface area contributed by atoms with Crippen LogP contribution >= 0.6 is 0 Å². The highest BCUT2D eigenvalue weighted by Gasteiger charge is 2.12. The van der Waals surface area contributed by atoms with E-state index in [-0.39, 0.29) is 18.7 Å². The molecule has 3 N–H and O–H groups in total. The van der Waals surface area contributed by atoms with Gasteiger partial charge in [0, 0.05) is 24.3 Å². The zero-order valence-corrected chi connectivity index (χ0v) is 10.2. The molecule has 1 rings (SSSR count). The largest absolute Gasteiger partial charge is 0.508 e. The molecule has 90 valence electrons. The first-order chi connectivity index (χ1) is 7.54. The van der Waals surface area contributed by atoms with E-state index < -0.39 is 0 Å². The summed E-state index contributed by atoms with van der Waals surface area (Å²) in [6.07, 6.45) is 0.719. The summed E-state index contributed by atoms with van der Waals surface area (Å²) in [5.41, 5.74) is 1.95. The maximum atomic E-state index is 9.82. The number of aromatic hydroxyl groups is 1. The summed E-state index contributed by atoms with van der Waals surface area (Å²) < 4.78 is 0. The number of benzene rings is 1. The lowest BCUT2D eigenvalue weighted by Gasteiger charge is -2.20. The Morgan fingerprint density at radius 2 is 2.00 bits per heavy atom. The van der Waals surface area contributed by atoms with E-state index in [1.807, 2.05) is 32.9 Å². The van der Waals surface area contributed by atoms with E-state index in [2.05, 4.69) is 5.32 Å². The van der Waals surface area contributed by atoms with Gasteiger partial charge in [-0.15, -0.1) is 0 Å². The maximum absolute atomic E-state index is 9.82. The topological polar surface area (TPSA) is 52.5 Å². The summed E-state index contributed by atoms with van der Waals surface area (Å²) in [5.74, 6) is 0.330. The quantitative estimate of drug-likeness (QED) is 0.716. The van der Waals surface area contributed by atoms with E-state index in [4.69, 9.17) is 5.11 Å². The van der Waals surface area contributed by atoms with Crippen LogP contribution in [0.1, 0.15) is 37.4 Å². The Balaban J connectivity index is 2.69. The molecule has 0 amide bonds. The van der Waals surface area contributed by atoms with Crippen LogP contribution in [0.4, 0.5) is 0 Å². The third kappa shape index (κ3) is 3.51. The van der Waals surface area contributed by atoms with Crippen molar-refractivity contribution in [1.29, 1.82) is 0 Å². The lowest BCUT2D eigenvalue weighted by atomic mass is 10.0. The second-order valence-corrected chi connectivity index (χ2v) is 4.36. The van der Waals surface area contributed by atoms with Gasteiger partial charge in [-0.25, -0.2) is 0 Å². The van der Waals surface area contributed by atoms with Gasteiger partial charge in [-0.05, 0) is 38.8 Å². The van der Waals surface area contributed by atoms with Gasteiger partial charge in [-0.1, -0.05) is 12.1 Å². The molecule has 0 aliphatic rings. The van der Waals surface area contributed by atoms with Gasteiger partial charge in [0.15, 0.2) is 0 Å². The molecule has 0 aromatic heterocycles. The molecule has 0 saturated carbocycles. The van der Waals surface area contributed by atoms with E-state index in [1.54, 1.807) is 6.07 Å². The lowest BCUT2D eigenvalue weighted by molar-refractivity contribution is 0.264. The molecule has 1 aromatic carbocycles. The number of nitrogens with one attached hydrogen (secondary N) is 1. The van der Waals surface area contributed by atoms with Gasteiger partial charge in [0.05, 0.1) is 0 Å². The third-order valence-electron chi connectivity index (χ3n) is 2.75. The number of hydrogen-bond acceptors (Lipinski definition) is 3. The van der Waals surface area contributed by atoms with Crippen molar-refractivity contribution in [3.8, 4) is 5.75 Å². The number of phenolic OH excluding ortho intramolecular Hbond substituents is 1. The number of rotatable bonds is 5. The van der Waals surface area contributed by atoms with Crippen molar-refractivity contribution in [2.24, 2.45) is 0 Å². The van der Waals surface area contributed by atoms with Crippen LogP contribution in [0, 0.1) is 6.92 Å². The summed E-state index contributed by atoms with van der Waals surface area (Å²) in [4.78, 5) is 0. The van der Waals surface area contributed by atoms with Crippen LogP contribution in [0.15, 0.2) is 18.2 Å². The summed E-state index contributed by atoms with van der Waals surface area (Å²) >= 11 is 0. The van der Waals surface area contributed by atoms with Crippen molar-refractivity contribution >= 4 is 0 Å². The molecule has 0 heterocycles. The Labute approximate surface area is 97.1 Å². The van der Waals surface area contributed by atoms with E-state index in [0.29, 0.717) is 5.75 Å². The van der Waals surface area contributed by atoms with Crippen molar-refractivity contribution in [2.45, 2.75) is 39.3 Å². The minimum atomic E-state index is 0.0853. The number of aryl methyl sites for hydroxylation is 1. The fourth-order valence-corrected chi connectivity index (χ4v) is 1.81. The SMILES string of the molecule is Cc1ccc(C(C)NC(C)CCO)c(O)c1. The Hall–Kier alpha value is -1.06. The fourth-order valence-electron chi connectivity index (χ4n) is 1.81. The van der Waals surface area contributed by atoms with Crippen molar-refractivity contribution in [3.05, 3.63) is 29.3 Å². The Kier molecular flexibility index (Phi) is 4.77. The van der Waals surface area contributed by atoms with Crippen LogP contribution in [0.5, 0.6) is 5.75 Å². The van der Waals surface area contributed by atoms with Crippen molar-refractivity contribution in [1.82, 2.24) is 5.32 Å². The first-order valence-corrected chi connectivity index (χ1v) is 5.71. The second kappa shape index (κ2) is 5.87. The van der Waals surface area contributed by atoms with Crippen LogP contribution in [0.2, 0.25) is 0 Å². The monoisotopic (exact) mass is 223 g/mol. The molecule has 2 unspecified atom stereocenters. The molecule has 0 fully saturated rings. The first kappa shape index (κ1) is 13.0. The molecule has 3 heteroatoms. The first-order valence-electron chi connectivity index (χ1n) is 5.71. The zero-order valence-electron chi connectivity index (χ0n) is 10.2. The third-order valence-corrected chi connectivity index (χ3v) is 2.75. The van der Waals surface area contributed by atoms with Crippen LogP contribution < -0.4 is 5.32 Å². The van der Waals surface area contributed by atoms with Gasteiger partial charge in [0.25, 0.3) is 0 Å². The fraction of sp³-hybridized carbons (Fsp3) is 0.538. The Bertz CT molecular complexity index is 339. The van der Waals surface area contributed by atoms with Crippen LogP contribution in [0.3, 0.4) is 0 Å². The van der Waals surface area contributed by atoms with E-state index in [0.717, 1.165) is 17.5 Å². The predicted molar refractivity (Wildman–Crippen MR) is 65.6 cm³/mol. The molecular formula is C13H21NO2. The molecule has 16 heavy (non-hydrogen) atoms. The average molecular weight is 223 g/mol. The molecule has 0 spiro atoms. The standard InChI is InChI=1S/C13H21NO2/c1-9-4-5-12(13(16)8-9)11(3)14-10(2)6-7-15/h4-5,8,10-11,14-16H,6-7H2,1-3H3. The van der Waals surface area contributed by atoms with Gasteiger partial charge in [-0.2, -0.15) is 0 Å². The second-order valence-electron chi connectivity index (χ2n) is 4.36. The summed E-state index contributed by atoms with van der Waals surface area (Å²) in [6.45, 7) is 6.17. The smallest absolute Gasteiger partial charge is 0.120 e. The average Bonchev–Trinajstić information content (AvgIpc) is 2.17. The Morgan fingerprint density at radius 1 is 1.31 bits per heavy atom. The lowest BCUT2D eigenvalue weighted by Crippen LogP contribution is -2.29. The zero-order chi connectivity index (χ0) is 12.1. The normalized spacial score (nSPS) is 14.8. The molecule has 0 aliphatic heterocycles. The molecule has 3 nitrogen and oxygen atoms in total. The van der Waals surface area contributed by atoms with Gasteiger partial charge in [0.2, 0.25) is 0 Å². The van der Waals surface area contributed by atoms with Crippen LogP contribution in [-0.2, 0) is 0 Å². The summed E-state index contributed by atoms with van der Waals surface area (Å²) in [7, 11) is 0. The molecule has 0 radical (unpaired) electrons. The van der Waals surface area contributed by atoms with Crippen LogP contribution in [-0.4, -0.2) is 22.9 Å². The van der Waals surface area contributed by atoms with Gasteiger partial charge in [-0.3, -0.25) is 0 Å². The molecule has 1 aromatic rings. The molecule has 0 bridgehead atoms. The van der Waals surface area contributed by atoms with Gasteiger partial charge < -0.3 is 15.5 Å².